The minimum Gasteiger partial charge on any atom is -0.391 e. The quantitative estimate of drug-likeness (QED) is 0.0107. The molecule has 4 heterocycles. The van der Waals surface area contributed by atoms with Gasteiger partial charge in [0.05, 0.1) is 67.9 Å². The Hall–Kier alpha value is -7.01. The number of hydroxylamine groups is 1. The zero-order chi connectivity index (χ0) is 77.1. The van der Waals surface area contributed by atoms with Crippen LogP contribution >= 0.6 is 45.3 Å². The van der Waals surface area contributed by atoms with Gasteiger partial charge < -0.3 is 41.7 Å². The third-order valence-corrected chi connectivity index (χ3v) is 22.3. The van der Waals surface area contributed by atoms with Gasteiger partial charge in [0.15, 0.2) is 11.6 Å². The summed E-state index contributed by atoms with van der Waals surface area (Å²) >= 11 is 5.10. The van der Waals surface area contributed by atoms with Crippen molar-refractivity contribution in [2.45, 2.75) is 234 Å². The van der Waals surface area contributed by atoms with Crippen molar-refractivity contribution >= 4 is 97.7 Å². The summed E-state index contributed by atoms with van der Waals surface area (Å²) < 4.78 is 43.7. The van der Waals surface area contributed by atoms with E-state index in [9.17, 15) is 56.9 Å². The Morgan fingerprint density at radius 3 is 1.42 bits per heavy atom. The molecule has 4 aromatic carbocycles. The maximum absolute atomic E-state index is 14.7. The molecule has 25 heteroatoms. The number of aromatic nitrogens is 2. The molecule has 0 aliphatic carbocycles. The number of ketones is 2. The van der Waals surface area contributed by atoms with Crippen LogP contribution in [0.5, 0.6) is 0 Å². The van der Waals surface area contributed by atoms with E-state index in [0.717, 1.165) is 158 Å². The lowest BCUT2D eigenvalue weighted by Crippen LogP contribution is -2.50. The number of rotatable bonds is 39. The molecule has 8 rings (SSSR count). The maximum atomic E-state index is 14.7. The lowest BCUT2D eigenvalue weighted by atomic mass is 9.76. The van der Waals surface area contributed by atoms with Gasteiger partial charge in [0.2, 0.25) is 23.6 Å². The fraction of sp³-hybridized carbons (Fsp3) is 0.543. The number of nitrogens with one attached hydrogen (secondary N) is 4. The van der Waals surface area contributed by atoms with E-state index >= 15 is 0 Å². The Balaban J connectivity index is 0.000000328. The second-order valence-electron chi connectivity index (χ2n) is 30.2. The smallest absolute Gasteiger partial charge is 0.277 e. The Labute approximate surface area is 645 Å². The maximum Gasteiger partial charge on any atom is 0.277 e. The minimum absolute atomic E-state index is 0.0280. The van der Waals surface area contributed by atoms with E-state index in [2.05, 4.69) is 31.4 Å². The number of carbonyl (C=O) groups excluding carboxylic acids is 7. The van der Waals surface area contributed by atoms with Gasteiger partial charge in [0.1, 0.15) is 29.5 Å². The number of halogens is 4. The topological polar surface area (TPSA) is 276 Å². The summed E-state index contributed by atoms with van der Waals surface area (Å²) in [4.78, 5) is 112. The molecule has 0 spiro atoms. The van der Waals surface area contributed by atoms with Crippen LogP contribution in [0, 0.1) is 57.5 Å². The number of amides is 5. The predicted molar refractivity (Wildman–Crippen MR) is 420 cm³/mol. The molecule has 2 aromatic heterocycles. The molecule has 2 aliphatic rings. The molecule has 6 atom stereocenters. The van der Waals surface area contributed by atoms with E-state index in [4.69, 9.17) is 10.6 Å². The lowest BCUT2D eigenvalue weighted by molar-refractivity contribution is -0.146. The SMILES string of the molecule is Cc1ncsc1-c1ccc(CNC(=O)[C@@H]2C[C@@H](O)CN2C(=O)[C@@H](CC(=O)CCCCCCCCCCCCONC(=O)c2ccc(F)c(F)c2Nc2ccc(I)cc2F)C(C)(C)C)cc1.Cc1ncsc1-c1ccc(CNC(=O)[C@@H]2C[C@@H](O)CN2C(=O)[C@@H](CC(=O)CCCCCCCCN)C(C)(C)C)cc1. The molecule has 2 fully saturated rings. The monoisotopic (exact) mass is 1620 g/mol. The number of benzene rings is 4. The van der Waals surface area contributed by atoms with Crippen molar-refractivity contribution in [3.05, 3.63) is 139 Å². The van der Waals surface area contributed by atoms with Crippen LogP contribution in [0.2, 0.25) is 0 Å². The van der Waals surface area contributed by atoms with Gasteiger partial charge in [-0.25, -0.2) is 28.6 Å². The van der Waals surface area contributed by atoms with Crippen molar-refractivity contribution in [3.63, 3.8) is 0 Å². The molecular weight excluding hydrogens is 1510 g/mol. The summed E-state index contributed by atoms with van der Waals surface area (Å²) in [6.45, 7) is 17.3. The number of aryl methyl sites for hydroxylation is 2. The van der Waals surface area contributed by atoms with Crippen molar-refractivity contribution < 1.29 is 61.8 Å². The number of thiazole rings is 2. The van der Waals surface area contributed by atoms with Gasteiger partial charge >= 0.3 is 0 Å². The van der Waals surface area contributed by atoms with Crippen LogP contribution < -0.4 is 27.2 Å². The number of carbonyl (C=O) groups is 7. The largest absolute Gasteiger partial charge is 0.391 e. The number of hydrogen-bond acceptors (Lipinski definition) is 16. The summed E-state index contributed by atoms with van der Waals surface area (Å²) in [5, 5.41) is 29.4. The summed E-state index contributed by atoms with van der Waals surface area (Å²) in [7, 11) is 0. The Morgan fingerprint density at radius 1 is 0.585 bits per heavy atom. The molecule has 0 radical (unpaired) electrons. The first-order valence-corrected chi connectivity index (χ1v) is 40.2. The van der Waals surface area contributed by atoms with Crippen LogP contribution in [-0.4, -0.2) is 122 Å². The molecule has 19 nitrogen and oxygen atoms in total. The van der Waals surface area contributed by atoms with Crippen LogP contribution in [0.15, 0.2) is 89.9 Å². The van der Waals surface area contributed by atoms with Crippen molar-refractivity contribution in [1.29, 1.82) is 0 Å². The molecule has 0 bridgehead atoms. The summed E-state index contributed by atoms with van der Waals surface area (Å²) in [5.74, 6) is -6.13. The summed E-state index contributed by atoms with van der Waals surface area (Å²) in [6.07, 6.45) is 15.6. The van der Waals surface area contributed by atoms with Crippen LogP contribution in [0.4, 0.5) is 24.5 Å². The van der Waals surface area contributed by atoms with Gasteiger partial charge in [0, 0.05) is 80.1 Å². The van der Waals surface area contributed by atoms with E-state index in [-0.39, 0.29) is 98.4 Å². The minimum atomic E-state index is -1.31. The summed E-state index contributed by atoms with van der Waals surface area (Å²) in [5.41, 5.74) is 15.6. The van der Waals surface area contributed by atoms with E-state index in [1.807, 2.05) is 138 Å². The molecule has 0 saturated carbocycles. The predicted octanol–water partition coefficient (Wildman–Crippen LogP) is 15.7. The fourth-order valence-corrected chi connectivity index (χ4v) is 15.4. The van der Waals surface area contributed by atoms with Crippen molar-refractivity contribution in [1.82, 2.24) is 35.9 Å². The Bertz CT molecular complexity index is 3850. The molecule has 2 saturated heterocycles. The first-order chi connectivity index (χ1) is 50.5. The van der Waals surface area contributed by atoms with E-state index in [1.54, 1.807) is 28.7 Å². The number of Topliss-reactive ketones (excluding diaryl/α,β-unsaturated/α-hetero) is 2. The van der Waals surface area contributed by atoms with Gasteiger partial charge in [-0.15, -0.1) is 22.7 Å². The van der Waals surface area contributed by atoms with Crippen molar-refractivity contribution in [2.24, 2.45) is 28.4 Å². The second-order valence-corrected chi connectivity index (χ2v) is 33.2. The number of hydrogen-bond donors (Lipinski definition) is 7. The van der Waals surface area contributed by atoms with Gasteiger partial charge in [-0.3, -0.25) is 38.4 Å². The third-order valence-electron chi connectivity index (χ3n) is 19.7. The van der Waals surface area contributed by atoms with Crippen molar-refractivity contribution in [2.75, 3.05) is 31.6 Å². The highest BCUT2D eigenvalue weighted by Gasteiger charge is 2.46. The fourth-order valence-electron chi connectivity index (χ4n) is 13.4. The van der Waals surface area contributed by atoms with Gasteiger partial charge in [-0.05, 0) is 132 Å². The van der Waals surface area contributed by atoms with Crippen LogP contribution in [0.3, 0.4) is 0 Å². The second kappa shape index (κ2) is 42.7. The molecule has 6 aromatic rings. The van der Waals surface area contributed by atoms with Gasteiger partial charge in [-0.1, -0.05) is 167 Å². The first-order valence-electron chi connectivity index (χ1n) is 37.4. The number of likely N-dealkylation sites (tertiary alicyclic amines) is 2. The number of β-amino-alcohol motifs (C(OH)–C–C–N with tert-alkyl or cyclic N) is 2. The number of aliphatic hydroxyl groups is 2. The van der Waals surface area contributed by atoms with Crippen LogP contribution in [0.25, 0.3) is 20.9 Å². The van der Waals surface area contributed by atoms with Crippen LogP contribution in [-0.2, 0) is 46.7 Å². The highest BCUT2D eigenvalue weighted by atomic mass is 127. The molecular formula is C81H109F3IN9O10S2. The molecule has 106 heavy (non-hydrogen) atoms. The molecule has 8 N–H and O–H groups in total. The Morgan fingerprint density at radius 2 is 1.01 bits per heavy atom. The average Bonchev–Trinajstić information content (AvgIpc) is 1.56. The normalized spacial score (nSPS) is 16.4. The third kappa shape index (κ3) is 26.7. The molecule has 578 valence electrons. The molecule has 0 unspecified atom stereocenters. The number of nitrogens with two attached hydrogens (primary N) is 1. The lowest BCUT2D eigenvalue weighted by Gasteiger charge is -2.34. The summed E-state index contributed by atoms with van der Waals surface area (Å²) in [6, 6.07) is 20.5. The number of aliphatic hydroxyl groups excluding tert-OH is 2. The average molecular weight is 1620 g/mol. The molecule has 5 amide bonds. The standard InChI is InChI=1S/C49H61F3IN5O6S.C32H48N4O4S/c1-31-45(65-30-55-31)33-18-16-32(17-19-33)28-54-47(62)42-27-36(60)29-58(42)48(63)38(49(2,3)4)26-35(59)15-13-11-9-7-5-6-8-10-12-14-24-64-57-46(61)37-21-22-39(50)43(52)44(37)56-41-23-20-34(53)25-40(41)51;1-22-29(41-21-35-22)24-14-12-23(13-15-24)19-34-30(39)28-18-26(38)20-36(28)31(40)27(32(2,3)4)17-25(37)11-9-7-5-6-8-10-16-33/h16-23,25,30,36,38,42,56,60H,5-15,24,26-29H2,1-4H3,(H,54,62)(H,57,61);12-15,21,26-28,38H,5-11,16-20,33H2,1-4H3,(H,34,39)/t36-,38-,42+;26-,27-,28+/m11/s1. The highest BCUT2D eigenvalue weighted by molar-refractivity contribution is 14.1. The number of unbranched alkanes of at least 4 members (excludes halogenated alkanes) is 14. The zero-order valence-corrected chi connectivity index (χ0v) is 66.6. The zero-order valence-electron chi connectivity index (χ0n) is 62.8. The van der Waals surface area contributed by atoms with Gasteiger partial charge in [-0.2, -0.15) is 0 Å². The van der Waals surface area contributed by atoms with E-state index < -0.39 is 76.0 Å². The van der Waals surface area contributed by atoms with E-state index in [1.165, 1.54) is 21.9 Å². The van der Waals surface area contributed by atoms with Crippen LogP contribution in [0.1, 0.15) is 216 Å². The number of anilines is 2. The van der Waals surface area contributed by atoms with Crippen molar-refractivity contribution in [3.8, 4) is 20.9 Å². The Kier molecular flexibility index (Phi) is 34.7. The first kappa shape index (κ1) is 86.2. The molecule has 2 aliphatic heterocycles. The van der Waals surface area contributed by atoms with Gasteiger partial charge in [0.25, 0.3) is 5.91 Å². The van der Waals surface area contributed by atoms with E-state index in [0.29, 0.717) is 29.4 Å². The highest BCUT2D eigenvalue weighted by Crippen LogP contribution is 2.37. The number of nitrogens with zero attached hydrogens (tertiary/aromatic N) is 4.